The van der Waals surface area contributed by atoms with Crippen molar-refractivity contribution in [3.8, 4) is 0 Å². The van der Waals surface area contributed by atoms with Crippen molar-refractivity contribution in [2.45, 2.75) is 39.2 Å². The van der Waals surface area contributed by atoms with Gasteiger partial charge in [-0.2, -0.15) is 0 Å². The lowest BCUT2D eigenvalue weighted by Gasteiger charge is -2.36. The van der Waals surface area contributed by atoms with Crippen molar-refractivity contribution in [2.75, 3.05) is 7.05 Å². The summed E-state index contributed by atoms with van der Waals surface area (Å²) >= 11 is 12.3. The first-order valence-electron chi connectivity index (χ1n) is 7.12. The van der Waals surface area contributed by atoms with E-state index in [9.17, 15) is 0 Å². The van der Waals surface area contributed by atoms with E-state index in [1.165, 1.54) is 24.8 Å². The predicted octanol–water partition coefficient (Wildman–Crippen LogP) is 5.33. The number of rotatable bonds is 3. The lowest BCUT2D eigenvalue weighted by molar-refractivity contribution is 0.180. The van der Waals surface area contributed by atoms with Gasteiger partial charge in [0.25, 0.3) is 0 Å². The maximum absolute atomic E-state index is 6.14. The Kier molecular flexibility index (Phi) is 5.16. The quantitative estimate of drug-likeness (QED) is 0.796. The number of nitrogens with one attached hydrogen (secondary N) is 1. The van der Waals surface area contributed by atoms with Gasteiger partial charge >= 0.3 is 0 Å². The molecule has 1 aromatic carbocycles. The molecule has 0 radical (unpaired) electrons. The minimum atomic E-state index is 0.349. The summed E-state index contributed by atoms with van der Waals surface area (Å²) in [6.07, 6.45) is 3.91. The molecule has 0 amide bonds. The van der Waals surface area contributed by atoms with Crippen molar-refractivity contribution in [3.63, 3.8) is 0 Å². The highest BCUT2D eigenvalue weighted by molar-refractivity contribution is 6.34. The van der Waals surface area contributed by atoms with Crippen LogP contribution in [0.25, 0.3) is 0 Å². The Hall–Kier alpha value is -0.240. The van der Waals surface area contributed by atoms with Crippen molar-refractivity contribution >= 4 is 23.2 Å². The topological polar surface area (TPSA) is 12.0 Å². The van der Waals surface area contributed by atoms with Crippen LogP contribution in [0.4, 0.5) is 0 Å². The van der Waals surface area contributed by atoms with Crippen LogP contribution in [0.1, 0.15) is 44.7 Å². The maximum atomic E-state index is 6.14. The van der Waals surface area contributed by atoms with Gasteiger partial charge in [0, 0.05) is 16.1 Å². The van der Waals surface area contributed by atoms with E-state index in [0.717, 1.165) is 21.9 Å². The van der Waals surface area contributed by atoms with Crippen LogP contribution in [0.5, 0.6) is 0 Å². The van der Waals surface area contributed by atoms with Crippen LogP contribution in [0.15, 0.2) is 18.2 Å². The minimum Gasteiger partial charge on any atom is -0.313 e. The van der Waals surface area contributed by atoms with Crippen LogP contribution in [0.3, 0.4) is 0 Å². The molecule has 3 atom stereocenters. The van der Waals surface area contributed by atoms with E-state index in [1.54, 1.807) is 6.07 Å². The van der Waals surface area contributed by atoms with Gasteiger partial charge in [-0.1, -0.05) is 37.0 Å². The van der Waals surface area contributed by atoms with Gasteiger partial charge in [-0.15, -0.1) is 0 Å². The fraction of sp³-hybridized carbons (Fsp3) is 0.625. The Morgan fingerprint density at radius 1 is 1.00 bits per heavy atom. The predicted molar refractivity (Wildman–Crippen MR) is 83.9 cm³/mol. The number of halogens is 2. The molecule has 3 heteroatoms. The highest BCUT2D eigenvalue weighted by atomic mass is 35.5. The molecule has 1 saturated carbocycles. The summed E-state index contributed by atoms with van der Waals surface area (Å²) in [6, 6.07) is 6.23. The van der Waals surface area contributed by atoms with Crippen molar-refractivity contribution in [1.82, 2.24) is 5.32 Å². The average Bonchev–Trinajstić information content (AvgIpc) is 2.27. The van der Waals surface area contributed by atoms with Gasteiger partial charge in [-0.3, -0.25) is 0 Å². The van der Waals surface area contributed by atoms with Crippen molar-refractivity contribution < 1.29 is 0 Å². The summed E-state index contributed by atoms with van der Waals surface area (Å²) in [5.74, 6) is 2.27. The minimum absolute atomic E-state index is 0.349. The molecule has 1 N–H and O–H groups in total. The van der Waals surface area contributed by atoms with Gasteiger partial charge in [-0.05, 0) is 67.8 Å². The van der Waals surface area contributed by atoms with Crippen molar-refractivity contribution in [1.29, 1.82) is 0 Å². The Labute approximate surface area is 126 Å². The molecular weight excluding hydrogens is 277 g/mol. The summed E-state index contributed by atoms with van der Waals surface area (Å²) in [5, 5.41) is 4.91. The molecule has 1 fully saturated rings. The highest BCUT2D eigenvalue weighted by Crippen LogP contribution is 2.40. The van der Waals surface area contributed by atoms with Crippen LogP contribution in [0.2, 0.25) is 10.0 Å². The molecule has 0 saturated heterocycles. The Bertz CT molecular complexity index is 403. The Balaban J connectivity index is 2.23. The fourth-order valence-corrected chi connectivity index (χ4v) is 4.25. The third-order valence-electron chi connectivity index (χ3n) is 4.24. The van der Waals surface area contributed by atoms with E-state index in [-0.39, 0.29) is 0 Å². The SMILES string of the molecule is CNC(c1cc(Cl)cc(Cl)c1)C1CC(C)CC(C)C1. The molecule has 1 aliphatic rings. The maximum Gasteiger partial charge on any atom is 0.0424 e. The van der Waals surface area contributed by atoms with Crippen LogP contribution in [-0.2, 0) is 0 Å². The van der Waals surface area contributed by atoms with E-state index in [1.807, 2.05) is 19.2 Å². The fourth-order valence-electron chi connectivity index (χ4n) is 3.71. The van der Waals surface area contributed by atoms with Gasteiger partial charge in [0.05, 0.1) is 0 Å². The van der Waals surface area contributed by atoms with Crippen LogP contribution in [0, 0.1) is 17.8 Å². The largest absolute Gasteiger partial charge is 0.313 e. The molecule has 1 nitrogen and oxygen atoms in total. The summed E-state index contributed by atoms with van der Waals surface area (Å²) in [4.78, 5) is 0. The lowest BCUT2D eigenvalue weighted by atomic mass is 9.72. The molecule has 2 rings (SSSR count). The summed E-state index contributed by atoms with van der Waals surface area (Å²) in [6.45, 7) is 4.72. The Morgan fingerprint density at radius 2 is 1.53 bits per heavy atom. The molecular formula is C16H23Cl2N. The molecule has 0 heterocycles. The lowest BCUT2D eigenvalue weighted by Crippen LogP contribution is -2.31. The monoisotopic (exact) mass is 299 g/mol. The van der Waals surface area contributed by atoms with E-state index in [2.05, 4.69) is 19.2 Å². The third kappa shape index (κ3) is 3.87. The van der Waals surface area contributed by atoms with Crippen LogP contribution >= 0.6 is 23.2 Å². The zero-order valence-corrected chi connectivity index (χ0v) is 13.4. The second-order valence-corrected chi connectivity index (χ2v) is 7.02. The van der Waals surface area contributed by atoms with E-state index >= 15 is 0 Å². The number of hydrogen-bond donors (Lipinski definition) is 1. The zero-order valence-electron chi connectivity index (χ0n) is 11.9. The van der Waals surface area contributed by atoms with E-state index in [0.29, 0.717) is 12.0 Å². The first-order chi connectivity index (χ1) is 8.99. The van der Waals surface area contributed by atoms with Crippen molar-refractivity contribution in [2.24, 2.45) is 17.8 Å². The normalized spacial score (nSPS) is 29.2. The zero-order chi connectivity index (χ0) is 14.0. The molecule has 3 unspecified atom stereocenters. The first-order valence-corrected chi connectivity index (χ1v) is 7.88. The smallest absolute Gasteiger partial charge is 0.0424 e. The standard InChI is InChI=1S/C16H23Cl2N/c1-10-4-11(2)6-12(5-10)16(19-3)13-7-14(17)9-15(18)8-13/h7-12,16,19H,4-6H2,1-3H3. The van der Waals surface area contributed by atoms with Crippen LogP contribution in [-0.4, -0.2) is 7.05 Å². The van der Waals surface area contributed by atoms with Gasteiger partial charge in [-0.25, -0.2) is 0 Å². The van der Waals surface area contributed by atoms with E-state index in [4.69, 9.17) is 23.2 Å². The van der Waals surface area contributed by atoms with Crippen molar-refractivity contribution in [3.05, 3.63) is 33.8 Å². The van der Waals surface area contributed by atoms with Gasteiger partial charge in [0.2, 0.25) is 0 Å². The molecule has 1 aromatic rings. The van der Waals surface area contributed by atoms with Gasteiger partial charge < -0.3 is 5.32 Å². The summed E-state index contributed by atoms with van der Waals surface area (Å²) < 4.78 is 0. The molecule has 0 aromatic heterocycles. The highest BCUT2D eigenvalue weighted by Gasteiger charge is 2.30. The van der Waals surface area contributed by atoms with Gasteiger partial charge in [0.15, 0.2) is 0 Å². The molecule has 0 bridgehead atoms. The third-order valence-corrected chi connectivity index (χ3v) is 4.68. The Morgan fingerprint density at radius 3 is 2.00 bits per heavy atom. The molecule has 106 valence electrons. The second kappa shape index (κ2) is 6.47. The van der Waals surface area contributed by atoms with Crippen LogP contribution < -0.4 is 5.32 Å². The first kappa shape index (κ1) is 15.2. The van der Waals surface area contributed by atoms with Gasteiger partial charge in [0.1, 0.15) is 0 Å². The van der Waals surface area contributed by atoms with E-state index < -0.39 is 0 Å². The molecule has 1 aliphatic carbocycles. The average molecular weight is 300 g/mol. The second-order valence-electron chi connectivity index (χ2n) is 6.15. The summed E-state index contributed by atoms with van der Waals surface area (Å²) in [5.41, 5.74) is 1.21. The number of benzene rings is 1. The summed E-state index contributed by atoms with van der Waals surface area (Å²) in [7, 11) is 2.03. The molecule has 0 spiro atoms. The molecule has 0 aliphatic heterocycles. The molecule has 19 heavy (non-hydrogen) atoms. The number of hydrogen-bond acceptors (Lipinski definition) is 1.